The van der Waals surface area contributed by atoms with Crippen LogP contribution in [-0.4, -0.2) is 28.9 Å². The SMILES string of the molecule is O=C(Cc1ccc([N+](=O)[O-])cc1)N/N=C\C12c3ccccc3C(c3ccccc31)[C@@H]1C(=O)N(c3ccccc3)C(=O)[C@@H]12. The van der Waals surface area contributed by atoms with E-state index in [0.717, 1.165) is 22.3 Å². The highest BCUT2D eigenvalue weighted by molar-refractivity contribution is 6.25. The van der Waals surface area contributed by atoms with Gasteiger partial charge < -0.3 is 0 Å². The van der Waals surface area contributed by atoms with Crippen molar-refractivity contribution in [3.05, 3.63) is 141 Å². The van der Waals surface area contributed by atoms with E-state index < -0.39 is 28.1 Å². The van der Waals surface area contributed by atoms with Crippen LogP contribution < -0.4 is 10.3 Å². The lowest BCUT2D eigenvalue weighted by Gasteiger charge is -2.52. The summed E-state index contributed by atoms with van der Waals surface area (Å²) in [5.74, 6) is -2.64. The Morgan fingerprint density at radius 2 is 1.45 bits per heavy atom. The van der Waals surface area contributed by atoms with Gasteiger partial charge in [0.05, 0.1) is 34.3 Å². The maximum atomic E-state index is 14.3. The smallest absolute Gasteiger partial charge is 0.269 e. The minimum atomic E-state index is -1.09. The standard InChI is InChI=1S/C33H24N4O5/c38-27(18-20-14-16-22(17-15-20)37(41)42)35-34-19-33-25-12-6-4-10-23(25)28(24-11-5-7-13-26(24)33)29-30(33)32(40)36(31(29)39)21-8-2-1-3-9-21/h1-17,19,28-30H,18H2,(H,35,38)/b34-19-/t28?,29-,30+,33?/m0/s1. The van der Waals surface area contributed by atoms with Crippen molar-refractivity contribution in [2.75, 3.05) is 4.90 Å². The number of benzene rings is 4. The molecule has 3 aliphatic carbocycles. The Labute approximate surface area is 240 Å². The Morgan fingerprint density at radius 3 is 2.07 bits per heavy atom. The minimum absolute atomic E-state index is 0.0389. The highest BCUT2D eigenvalue weighted by Crippen LogP contribution is 2.63. The van der Waals surface area contributed by atoms with Gasteiger partial charge in [-0.15, -0.1) is 0 Å². The molecule has 206 valence electrons. The summed E-state index contributed by atoms with van der Waals surface area (Å²) in [5.41, 5.74) is 6.27. The van der Waals surface area contributed by atoms with Crippen LogP contribution in [-0.2, 0) is 26.2 Å². The van der Waals surface area contributed by atoms with Crippen LogP contribution in [0.15, 0.2) is 108 Å². The average molecular weight is 557 g/mol. The van der Waals surface area contributed by atoms with E-state index in [1.807, 2.05) is 54.6 Å². The number of hydrazone groups is 1. The van der Waals surface area contributed by atoms with Crippen molar-refractivity contribution in [1.82, 2.24) is 5.43 Å². The lowest BCUT2D eigenvalue weighted by Crippen LogP contribution is -2.54. The monoisotopic (exact) mass is 556 g/mol. The lowest BCUT2D eigenvalue weighted by atomic mass is 9.47. The Morgan fingerprint density at radius 1 is 0.857 bits per heavy atom. The Kier molecular flexibility index (Phi) is 5.83. The fourth-order valence-electron chi connectivity index (χ4n) is 7.05. The van der Waals surface area contributed by atoms with Gasteiger partial charge in [-0.05, 0) is 39.9 Å². The van der Waals surface area contributed by atoms with E-state index in [2.05, 4.69) is 10.5 Å². The molecular formula is C33H24N4O5. The van der Waals surface area contributed by atoms with Crippen LogP contribution in [0.4, 0.5) is 11.4 Å². The number of nitrogens with zero attached hydrogens (tertiary/aromatic N) is 3. The molecule has 0 aromatic heterocycles. The summed E-state index contributed by atoms with van der Waals surface area (Å²) in [4.78, 5) is 53.0. The van der Waals surface area contributed by atoms with Crippen LogP contribution >= 0.6 is 0 Å². The van der Waals surface area contributed by atoms with Gasteiger partial charge in [0.2, 0.25) is 17.7 Å². The second-order valence-electron chi connectivity index (χ2n) is 10.8. The minimum Gasteiger partial charge on any atom is -0.274 e. The number of carbonyl (C=O) groups is 3. The molecule has 2 atom stereocenters. The molecule has 1 fully saturated rings. The van der Waals surface area contributed by atoms with Gasteiger partial charge >= 0.3 is 0 Å². The number of nitro benzene ring substituents is 1. The highest BCUT2D eigenvalue weighted by atomic mass is 16.6. The number of nitrogens with one attached hydrogen (secondary N) is 1. The van der Waals surface area contributed by atoms with Gasteiger partial charge in [-0.3, -0.25) is 24.5 Å². The molecular weight excluding hydrogens is 532 g/mol. The van der Waals surface area contributed by atoms with E-state index in [0.29, 0.717) is 11.3 Å². The normalized spacial score (nSPS) is 23.4. The van der Waals surface area contributed by atoms with Gasteiger partial charge in [-0.2, -0.15) is 5.10 Å². The van der Waals surface area contributed by atoms with Crippen LogP contribution in [0.1, 0.15) is 33.7 Å². The highest BCUT2D eigenvalue weighted by Gasteiger charge is 2.68. The molecule has 0 saturated carbocycles. The zero-order chi connectivity index (χ0) is 29.0. The van der Waals surface area contributed by atoms with Gasteiger partial charge in [0.15, 0.2) is 0 Å². The Bertz CT molecular complexity index is 1750. The van der Waals surface area contributed by atoms with Crippen LogP contribution in [0.25, 0.3) is 0 Å². The number of anilines is 1. The third kappa shape index (κ3) is 3.63. The fourth-order valence-corrected chi connectivity index (χ4v) is 7.05. The number of imide groups is 1. The van der Waals surface area contributed by atoms with E-state index in [9.17, 15) is 24.5 Å². The first-order valence-electron chi connectivity index (χ1n) is 13.6. The first kappa shape index (κ1) is 25.5. The van der Waals surface area contributed by atoms with Gasteiger partial charge in [0.25, 0.3) is 5.69 Å². The first-order chi connectivity index (χ1) is 20.4. The molecule has 9 heteroatoms. The summed E-state index contributed by atoms with van der Waals surface area (Å²) in [7, 11) is 0. The maximum Gasteiger partial charge on any atom is 0.269 e. The molecule has 42 heavy (non-hydrogen) atoms. The lowest BCUT2D eigenvalue weighted by molar-refractivity contribution is -0.384. The number of hydrogen-bond acceptors (Lipinski definition) is 6. The summed E-state index contributed by atoms with van der Waals surface area (Å²) in [6, 6.07) is 30.4. The topological polar surface area (TPSA) is 122 Å². The van der Waals surface area contributed by atoms with E-state index in [4.69, 9.17) is 0 Å². The van der Waals surface area contributed by atoms with E-state index in [1.54, 1.807) is 30.5 Å². The van der Waals surface area contributed by atoms with Crippen LogP contribution in [0.3, 0.4) is 0 Å². The van der Waals surface area contributed by atoms with Crippen LogP contribution in [0.2, 0.25) is 0 Å². The van der Waals surface area contributed by atoms with Crippen molar-refractivity contribution >= 4 is 35.3 Å². The summed E-state index contributed by atoms with van der Waals surface area (Å²) in [6.45, 7) is 0. The number of para-hydroxylation sites is 1. The third-order valence-electron chi connectivity index (χ3n) is 8.67. The zero-order valence-electron chi connectivity index (χ0n) is 22.2. The summed E-state index contributed by atoms with van der Waals surface area (Å²) >= 11 is 0. The molecule has 8 rings (SSSR count). The Hall–Kier alpha value is -5.44. The first-order valence-corrected chi connectivity index (χ1v) is 13.6. The summed E-state index contributed by atoms with van der Waals surface area (Å²) < 4.78 is 0. The van der Waals surface area contributed by atoms with Crippen molar-refractivity contribution in [1.29, 1.82) is 0 Å². The average Bonchev–Trinajstić information content (AvgIpc) is 3.28. The van der Waals surface area contributed by atoms with Gasteiger partial charge in [-0.25, -0.2) is 10.3 Å². The van der Waals surface area contributed by atoms with E-state index in [-0.39, 0.29) is 29.8 Å². The van der Waals surface area contributed by atoms with Crippen molar-refractivity contribution in [3.8, 4) is 0 Å². The van der Waals surface area contributed by atoms with Crippen LogP contribution in [0, 0.1) is 22.0 Å². The molecule has 1 N–H and O–H groups in total. The predicted octanol–water partition coefficient (Wildman–Crippen LogP) is 4.49. The number of rotatable bonds is 6. The molecule has 2 bridgehead atoms. The van der Waals surface area contributed by atoms with E-state index >= 15 is 0 Å². The number of carbonyl (C=O) groups excluding carboxylic acids is 3. The molecule has 1 heterocycles. The Balaban J connectivity index is 1.30. The molecule has 1 saturated heterocycles. The molecule has 3 amide bonds. The van der Waals surface area contributed by atoms with Crippen molar-refractivity contribution < 1.29 is 19.3 Å². The summed E-state index contributed by atoms with van der Waals surface area (Å²) in [5, 5.41) is 15.4. The van der Waals surface area contributed by atoms with Gasteiger partial charge in [0, 0.05) is 24.3 Å². The number of hydrogen-bond donors (Lipinski definition) is 1. The number of amides is 3. The molecule has 0 radical (unpaired) electrons. The molecule has 0 unspecified atom stereocenters. The second kappa shape index (κ2) is 9.59. The van der Waals surface area contributed by atoms with Gasteiger partial charge in [0.1, 0.15) is 0 Å². The molecule has 4 aliphatic rings. The molecule has 0 spiro atoms. The largest absolute Gasteiger partial charge is 0.274 e. The number of non-ortho nitro benzene ring substituents is 1. The molecule has 1 aliphatic heterocycles. The van der Waals surface area contributed by atoms with Gasteiger partial charge in [-0.1, -0.05) is 78.9 Å². The van der Waals surface area contributed by atoms with Crippen molar-refractivity contribution in [2.45, 2.75) is 17.8 Å². The van der Waals surface area contributed by atoms with Crippen molar-refractivity contribution in [2.24, 2.45) is 16.9 Å². The predicted molar refractivity (Wildman–Crippen MR) is 155 cm³/mol. The van der Waals surface area contributed by atoms with E-state index in [1.165, 1.54) is 29.2 Å². The fraction of sp³-hybridized carbons (Fsp3) is 0.152. The third-order valence-corrected chi connectivity index (χ3v) is 8.67. The molecule has 4 aromatic rings. The zero-order valence-corrected chi connectivity index (χ0v) is 22.2. The quantitative estimate of drug-likeness (QED) is 0.162. The van der Waals surface area contributed by atoms with Crippen LogP contribution in [0.5, 0.6) is 0 Å². The summed E-state index contributed by atoms with van der Waals surface area (Å²) in [6.07, 6.45) is 1.58. The maximum absolute atomic E-state index is 14.3. The molecule has 4 aromatic carbocycles. The second-order valence-corrected chi connectivity index (χ2v) is 10.8. The molecule has 9 nitrogen and oxygen atoms in total. The van der Waals surface area contributed by atoms with Crippen molar-refractivity contribution in [3.63, 3.8) is 0 Å². The number of nitro groups is 1.